The Morgan fingerprint density at radius 1 is 1.28 bits per heavy atom. The number of ether oxygens (including phenoxy) is 1. The first kappa shape index (κ1) is 12.4. The first-order valence-electron chi connectivity index (χ1n) is 6.88. The van der Waals surface area contributed by atoms with E-state index in [9.17, 15) is 4.79 Å². The molecule has 0 aromatic carbocycles. The van der Waals surface area contributed by atoms with Gasteiger partial charge in [0, 0.05) is 12.5 Å². The molecule has 3 fully saturated rings. The molecule has 0 bridgehead atoms. The van der Waals surface area contributed by atoms with E-state index in [0.29, 0.717) is 42.4 Å². The molecule has 2 aliphatic carbocycles. The normalized spacial score (nSPS) is 39.0. The Morgan fingerprint density at radius 3 is 2.56 bits per heavy atom. The molecule has 3 atom stereocenters. The van der Waals surface area contributed by atoms with Gasteiger partial charge >= 0.3 is 0 Å². The lowest BCUT2D eigenvalue weighted by molar-refractivity contribution is -0.138. The third kappa shape index (κ3) is 2.14. The van der Waals surface area contributed by atoms with Gasteiger partial charge in [-0.3, -0.25) is 4.79 Å². The van der Waals surface area contributed by atoms with Crippen molar-refractivity contribution in [2.24, 2.45) is 23.5 Å². The molecule has 3 rings (SSSR count). The summed E-state index contributed by atoms with van der Waals surface area (Å²) in [5.41, 5.74) is 5.61. The summed E-state index contributed by atoms with van der Waals surface area (Å²) in [6.45, 7) is 1.79. The van der Waals surface area contributed by atoms with Gasteiger partial charge in [0.2, 0.25) is 5.91 Å². The molecule has 0 spiro atoms. The lowest BCUT2D eigenvalue weighted by Gasteiger charge is -2.32. The van der Waals surface area contributed by atoms with Crippen molar-refractivity contribution in [2.75, 3.05) is 19.7 Å². The molecule has 3 unspecified atom stereocenters. The van der Waals surface area contributed by atoms with Crippen LogP contribution in [0.15, 0.2) is 0 Å². The van der Waals surface area contributed by atoms with Crippen LogP contribution in [0.2, 0.25) is 0 Å². The third-order valence-electron chi connectivity index (χ3n) is 4.64. The molecule has 5 heteroatoms. The summed E-state index contributed by atoms with van der Waals surface area (Å²) in [7, 11) is 0. The minimum Gasteiger partial charge on any atom is -0.391 e. The molecule has 18 heavy (non-hydrogen) atoms. The Morgan fingerprint density at radius 2 is 1.94 bits per heavy atom. The van der Waals surface area contributed by atoms with Crippen molar-refractivity contribution in [1.29, 1.82) is 0 Å². The molecular weight excluding hydrogens is 248 g/mol. The first-order valence-corrected chi connectivity index (χ1v) is 7.29. The van der Waals surface area contributed by atoms with Gasteiger partial charge in [0.05, 0.1) is 13.2 Å². The Bertz CT molecular complexity index is 362. The third-order valence-corrected chi connectivity index (χ3v) is 4.90. The van der Waals surface area contributed by atoms with E-state index in [1.807, 2.05) is 4.90 Å². The van der Waals surface area contributed by atoms with Crippen molar-refractivity contribution in [2.45, 2.75) is 31.8 Å². The molecule has 4 nitrogen and oxygen atoms in total. The summed E-state index contributed by atoms with van der Waals surface area (Å²) in [5, 5.41) is 0. The minimum atomic E-state index is -0.251. The van der Waals surface area contributed by atoms with Gasteiger partial charge in [-0.25, -0.2) is 0 Å². The largest absolute Gasteiger partial charge is 0.391 e. The van der Waals surface area contributed by atoms with E-state index in [4.69, 9.17) is 22.7 Å². The maximum absolute atomic E-state index is 12.5. The first-order chi connectivity index (χ1) is 8.68. The number of amides is 1. The van der Waals surface area contributed by atoms with Crippen LogP contribution in [0.3, 0.4) is 0 Å². The molecular formula is C13H20N2O2S. The predicted molar refractivity (Wildman–Crippen MR) is 72.0 cm³/mol. The fourth-order valence-corrected chi connectivity index (χ4v) is 3.73. The fraction of sp³-hybridized carbons (Fsp3) is 0.846. The summed E-state index contributed by atoms with van der Waals surface area (Å²) >= 11 is 4.95. The van der Waals surface area contributed by atoms with Crippen LogP contribution >= 0.6 is 12.2 Å². The van der Waals surface area contributed by atoms with Crippen LogP contribution in [0, 0.1) is 17.8 Å². The number of morpholine rings is 1. The van der Waals surface area contributed by atoms with Crippen molar-refractivity contribution in [3.05, 3.63) is 0 Å². The molecule has 0 aromatic rings. The Labute approximate surface area is 113 Å². The number of nitrogens with zero attached hydrogens (tertiary/aromatic N) is 1. The van der Waals surface area contributed by atoms with Crippen molar-refractivity contribution >= 4 is 23.1 Å². The highest BCUT2D eigenvalue weighted by Gasteiger charge is 2.56. The number of hydrogen-bond donors (Lipinski definition) is 1. The van der Waals surface area contributed by atoms with Crippen molar-refractivity contribution in [3.63, 3.8) is 0 Å². The quantitative estimate of drug-likeness (QED) is 0.757. The zero-order valence-electron chi connectivity index (χ0n) is 10.5. The maximum Gasteiger partial charge on any atom is 0.226 e. The molecule has 1 heterocycles. The number of nitrogens with two attached hydrogens (primary N) is 1. The lowest BCUT2D eigenvalue weighted by atomic mass is 10.0. The van der Waals surface area contributed by atoms with E-state index < -0.39 is 0 Å². The molecule has 2 N–H and O–H groups in total. The second-order valence-electron chi connectivity index (χ2n) is 5.68. The number of carbonyl (C=O) groups is 1. The highest BCUT2D eigenvalue weighted by molar-refractivity contribution is 7.80. The van der Waals surface area contributed by atoms with Gasteiger partial charge in [-0.15, -0.1) is 0 Å². The number of fused-ring (bicyclic) bond motifs is 1. The van der Waals surface area contributed by atoms with E-state index in [2.05, 4.69) is 0 Å². The molecule has 1 amide bonds. The van der Waals surface area contributed by atoms with E-state index in [1.165, 1.54) is 25.7 Å². The topological polar surface area (TPSA) is 55.6 Å². The fourth-order valence-electron chi connectivity index (χ4n) is 3.59. The zero-order chi connectivity index (χ0) is 12.7. The smallest absolute Gasteiger partial charge is 0.226 e. The minimum absolute atomic E-state index is 0.251. The molecule has 2 saturated carbocycles. The SMILES string of the molecule is NC(=S)C1CN(C(=O)C2C3CCCCC32)CCO1. The molecule has 1 aliphatic heterocycles. The van der Waals surface area contributed by atoms with Gasteiger partial charge in [0.25, 0.3) is 0 Å². The molecule has 1 saturated heterocycles. The zero-order valence-corrected chi connectivity index (χ0v) is 11.3. The molecule has 0 aromatic heterocycles. The Balaban J connectivity index is 1.61. The van der Waals surface area contributed by atoms with Gasteiger partial charge < -0.3 is 15.4 Å². The highest BCUT2D eigenvalue weighted by atomic mass is 32.1. The monoisotopic (exact) mass is 268 g/mol. The van der Waals surface area contributed by atoms with Gasteiger partial charge in [0.15, 0.2) is 0 Å². The van der Waals surface area contributed by atoms with Crippen molar-refractivity contribution in [1.82, 2.24) is 4.90 Å². The van der Waals surface area contributed by atoms with Gasteiger partial charge in [-0.1, -0.05) is 25.1 Å². The second-order valence-corrected chi connectivity index (χ2v) is 6.16. The van der Waals surface area contributed by atoms with Crippen LogP contribution < -0.4 is 5.73 Å². The van der Waals surface area contributed by atoms with Crippen LogP contribution in [0.1, 0.15) is 25.7 Å². The average Bonchev–Trinajstić information content (AvgIpc) is 3.12. The maximum atomic E-state index is 12.5. The van der Waals surface area contributed by atoms with Crippen LogP contribution in [-0.2, 0) is 9.53 Å². The van der Waals surface area contributed by atoms with Gasteiger partial charge in [0.1, 0.15) is 11.1 Å². The number of thiocarbonyl (C=S) groups is 1. The van der Waals surface area contributed by atoms with Gasteiger partial charge in [-0.2, -0.15) is 0 Å². The molecule has 100 valence electrons. The standard InChI is InChI=1S/C13H20N2O2S/c14-12(18)10-7-15(5-6-17-10)13(16)11-8-3-1-2-4-9(8)11/h8-11H,1-7H2,(H2,14,18). The van der Waals surface area contributed by atoms with Crippen molar-refractivity contribution in [3.8, 4) is 0 Å². The Kier molecular flexibility index (Phi) is 3.28. The van der Waals surface area contributed by atoms with Crippen molar-refractivity contribution < 1.29 is 9.53 Å². The Hall–Kier alpha value is -0.680. The van der Waals surface area contributed by atoms with E-state index in [0.717, 1.165) is 0 Å². The van der Waals surface area contributed by atoms with E-state index in [1.54, 1.807) is 0 Å². The van der Waals surface area contributed by atoms with Crippen LogP contribution in [0.5, 0.6) is 0 Å². The van der Waals surface area contributed by atoms with Crippen LogP contribution in [-0.4, -0.2) is 41.6 Å². The highest BCUT2D eigenvalue weighted by Crippen LogP contribution is 2.56. The van der Waals surface area contributed by atoms with Crippen LogP contribution in [0.25, 0.3) is 0 Å². The number of carbonyl (C=O) groups excluding carboxylic acids is 1. The second kappa shape index (κ2) is 4.78. The predicted octanol–water partition coefficient (Wildman–Crippen LogP) is 0.936. The average molecular weight is 268 g/mol. The summed E-state index contributed by atoms with van der Waals surface area (Å²) in [6.07, 6.45) is 4.82. The molecule has 3 aliphatic rings. The lowest BCUT2D eigenvalue weighted by Crippen LogP contribution is -2.50. The number of hydrogen-bond acceptors (Lipinski definition) is 3. The van der Waals surface area contributed by atoms with Gasteiger partial charge in [-0.05, 0) is 24.7 Å². The van der Waals surface area contributed by atoms with E-state index in [-0.39, 0.29) is 12.0 Å². The summed E-state index contributed by atoms with van der Waals surface area (Å²) in [4.78, 5) is 14.8. The van der Waals surface area contributed by atoms with E-state index >= 15 is 0 Å². The van der Waals surface area contributed by atoms with Crippen LogP contribution in [0.4, 0.5) is 0 Å². The summed E-state index contributed by atoms with van der Waals surface area (Å²) in [6, 6.07) is 0. The molecule has 0 radical (unpaired) electrons. The summed E-state index contributed by atoms with van der Waals surface area (Å²) < 4.78 is 5.48. The summed E-state index contributed by atoms with van der Waals surface area (Å²) in [5.74, 6) is 1.93. The number of rotatable bonds is 2.